The van der Waals surface area contributed by atoms with Crippen LogP contribution in [0, 0.1) is 5.92 Å². The van der Waals surface area contributed by atoms with E-state index in [9.17, 15) is 19.2 Å². The Morgan fingerprint density at radius 1 is 0.970 bits per heavy atom. The third-order valence-corrected chi connectivity index (χ3v) is 4.39. The van der Waals surface area contributed by atoms with Crippen LogP contribution in [0.25, 0.3) is 0 Å². The van der Waals surface area contributed by atoms with E-state index in [0.29, 0.717) is 6.42 Å². The summed E-state index contributed by atoms with van der Waals surface area (Å²) in [5.74, 6) is -1.68. The highest BCUT2D eigenvalue weighted by Gasteiger charge is 2.29. The summed E-state index contributed by atoms with van der Waals surface area (Å²) in [6, 6.07) is 7.15. The number of rotatable bonds is 11. The fraction of sp³-hybridized carbons (Fsp3) is 0.583. The maximum Gasteiger partial charge on any atom is 0.408 e. The fourth-order valence-corrected chi connectivity index (χ4v) is 2.93. The van der Waals surface area contributed by atoms with E-state index in [1.165, 1.54) is 7.11 Å². The summed E-state index contributed by atoms with van der Waals surface area (Å²) in [5.41, 5.74) is 0.151. The molecule has 0 saturated carbocycles. The normalized spacial score (nSPS) is 12.9. The summed E-state index contributed by atoms with van der Waals surface area (Å²) in [4.78, 5) is 49.3. The molecule has 0 heterocycles. The van der Waals surface area contributed by atoms with Gasteiger partial charge >= 0.3 is 18.0 Å². The zero-order valence-electron chi connectivity index (χ0n) is 20.3. The van der Waals surface area contributed by atoms with Gasteiger partial charge in [0.25, 0.3) is 0 Å². The van der Waals surface area contributed by atoms with Crippen LogP contribution in [-0.4, -0.2) is 48.7 Å². The van der Waals surface area contributed by atoms with E-state index < -0.39 is 41.6 Å². The maximum absolute atomic E-state index is 12.9. The van der Waals surface area contributed by atoms with Crippen LogP contribution in [-0.2, 0) is 35.2 Å². The molecule has 0 spiro atoms. The summed E-state index contributed by atoms with van der Waals surface area (Å²) in [6.45, 7) is 9.08. The van der Waals surface area contributed by atoms with Gasteiger partial charge in [-0.1, -0.05) is 44.2 Å². The Kier molecular flexibility index (Phi) is 11.4. The van der Waals surface area contributed by atoms with Gasteiger partial charge in [-0.3, -0.25) is 9.59 Å². The lowest BCUT2D eigenvalue weighted by molar-refractivity contribution is -0.155. The van der Waals surface area contributed by atoms with Gasteiger partial charge in [0, 0.05) is 6.42 Å². The molecule has 2 amide bonds. The summed E-state index contributed by atoms with van der Waals surface area (Å²) >= 11 is 0. The minimum absolute atomic E-state index is 0.000177. The highest BCUT2D eigenvalue weighted by atomic mass is 16.6. The summed E-state index contributed by atoms with van der Waals surface area (Å²) in [5, 5.41) is 5.14. The van der Waals surface area contributed by atoms with E-state index in [2.05, 4.69) is 10.6 Å². The van der Waals surface area contributed by atoms with Crippen LogP contribution in [0.15, 0.2) is 30.3 Å². The van der Waals surface area contributed by atoms with Crippen molar-refractivity contribution in [2.24, 2.45) is 5.92 Å². The second-order valence-electron chi connectivity index (χ2n) is 9.10. The van der Waals surface area contributed by atoms with Crippen LogP contribution in [0.1, 0.15) is 59.4 Å². The Hall–Kier alpha value is -3.10. The van der Waals surface area contributed by atoms with E-state index in [0.717, 1.165) is 5.56 Å². The van der Waals surface area contributed by atoms with Crippen LogP contribution in [0.4, 0.5) is 4.79 Å². The number of alkyl carbamates (subject to hydrolysis) is 1. The van der Waals surface area contributed by atoms with Crippen LogP contribution in [0.5, 0.6) is 0 Å². The zero-order chi connectivity index (χ0) is 25.0. The van der Waals surface area contributed by atoms with Crippen molar-refractivity contribution in [3.05, 3.63) is 35.9 Å². The number of hydrogen-bond donors (Lipinski definition) is 2. The zero-order valence-corrected chi connectivity index (χ0v) is 20.3. The van der Waals surface area contributed by atoms with Crippen molar-refractivity contribution >= 4 is 23.9 Å². The molecule has 0 unspecified atom stereocenters. The highest BCUT2D eigenvalue weighted by Crippen LogP contribution is 2.12. The number of nitrogens with one attached hydrogen (secondary N) is 2. The standard InChI is InChI=1S/C24H36N2O7/c1-16(2)14-19(26-23(30)32-15-17-10-8-7-9-11-17)21(28)25-18(22(29)31-6)12-13-20(27)33-24(3,4)5/h7-11,16,18-19H,12-15H2,1-6H3,(H,25,28)(H,26,30)/t18-,19-/m0/s1. The molecule has 0 aliphatic rings. The van der Waals surface area contributed by atoms with Gasteiger partial charge in [-0.2, -0.15) is 0 Å². The molecule has 1 aromatic carbocycles. The lowest BCUT2D eigenvalue weighted by Crippen LogP contribution is -2.52. The number of ether oxygens (including phenoxy) is 3. The minimum Gasteiger partial charge on any atom is -0.467 e. The molecule has 0 saturated heterocycles. The predicted molar refractivity (Wildman–Crippen MR) is 122 cm³/mol. The molecular formula is C24H36N2O7. The molecular weight excluding hydrogens is 428 g/mol. The lowest BCUT2D eigenvalue weighted by Gasteiger charge is -2.24. The topological polar surface area (TPSA) is 120 Å². The number of carbonyl (C=O) groups excluding carboxylic acids is 4. The van der Waals surface area contributed by atoms with Gasteiger partial charge in [0.2, 0.25) is 5.91 Å². The molecule has 0 aliphatic heterocycles. The van der Waals surface area contributed by atoms with Gasteiger partial charge in [-0.15, -0.1) is 0 Å². The van der Waals surface area contributed by atoms with E-state index in [-0.39, 0.29) is 25.4 Å². The molecule has 2 N–H and O–H groups in total. The number of methoxy groups -OCH3 is 1. The largest absolute Gasteiger partial charge is 0.467 e. The molecule has 0 aliphatic carbocycles. The van der Waals surface area contributed by atoms with Crippen LogP contribution < -0.4 is 10.6 Å². The molecule has 0 bridgehead atoms. The maximum atomic E-state index is 12.9. The van der Waals surface area contributed by atoms with Crippen molar-refractivity contribution in [3.63, 3.8) is 0 Å². The summed E-state index contributed by atoms with van der Waals surface area (Å²) in [7, 11) is 1.19. The molecule has 0 radical (unpaired) electrons. The molecule has 0 aromatic heterocycles. The number of amides is 2. The van der Waals surface area contributed by atoms with Crippen molar-refractivity contribution in [1.29, 1.82) is 0 Å². The molecule has 1 aromatic rings. The van der Waals surface area contributed by atoms with Gasteiger partial charge < -0.3 is 24.8 Å². The molecule has 0 fully saturated rings. The second kappa shape index (κ2) is 13.4. The summed E-state index contributed by atoms with van der Waals surface area (Å²) in [6.07, 6.45) is -0.506. The first-order valence-electron chi connectivity index (χ1n) is 11.0. The Morgan fingerprint density at radius 3 is 2.15 bits per heavy atom. The van der Waals surface area contributed by atoms with Gasteiger partial charge in [-0.05, 0) is 45.1 Å². The van der Waals surface area contributed by atoms with Crippen molar-refractivity contribution in [3.8, 4) is 0 Å². The average Bonchev–Trinajstić information content (AvgIpc) is 2.73. The number of hydrogen-bond acceptors (Lipinski definition) is 7. The van der Waals surface area contributed by atoms with Crippen molar-refractivity contribution in [1.82, 2.24) is 10.6 Å². The molecule has 1 rings (SSSR count). The first-order chi connectivity index (χ1) is 15.4. The number of esters is 2. The van der Waals surface area contributed by atoms with E-state index in [1.54, 1.807) is 20.8 Å². The SMILES string of the molecule is COC(=O)[C@H](CCC(=O)OC(C)(C)C)NC(=O)[C@H](CC(C)C)NC(=O)OCc1ccccc1. The first kappa shape index (κ1) is 27.9. The smallest absolute Gasteiger partial charge is 0.408 e. The van der Waals surface area contributed by atoms with Crippen molar-refractivity contribution in [2.75, 3.05) is 7.11 Å². The predicted octanol–water partition coefficient (Wildman–Crippen LogP) is 3.11. The highest BCUT2D eigenvalue weighted by molar-refractivity contribution is 5.89. The minimum atomic E-state index is -1.06. The van der Waals surface area contributed by atoms with Crippen LogP contribution >= 0.6 is 0 Å². The average molecular weight is 465 g/mol. The van der Waals surface area contributed by atoms with Crippen molar-refractivity contribution in [2.45, 2.75) is 78.2 Å². The van der Waals surface area contributed by atoms with Crippen LogP contribution in [0.3, 0.4) is 0 Å². The Labute approximate surface area is 195 Å². The molecule has 2 atom stereocenters. The number of benzene rings is 1. The molecule has 9 heteroatoms. The second-order valence-corrected chi connectivity index (χ2v) is 9.10. The Balaban J connectivity index is 2.75. The third kappa shape index (κ3) is 11.9. The quantitative estimate of drug-likeness (QED) is 0.381. The molecule has 9 nitrogen and oxygen atoms in total. The molecule has 184 valence electrons. The number of carbonyl (C=O) groups is 4. The van der Waals surface area contributed by atoms with E-state index in [4.69, 9.17) is 14.2 Å². The van der Waals surface area contributed by atoms with Gasteiger partial charge in [0.15, 0.2) is 0 Å². The summed E-state index contributed by atoms with van der Waals surface area (Å²) < 4.78 is 15.2. The molecule has 33 heavy (non-hydrogen) atoms. The van der Waals surface area contributed by atoms with Crippen molar-refractivity contribution < 1.29 is 33.4 Å². The Bertz CT molecular complexity index is 788. The van der Waals surface area contributed by atoms with Gasteiger partial charge in [-0.25, -0.2) is 9.59 Å². The van der Waals surface area contributed by atoms with Gasteiger partial charge in [0.1, 0.15) is 24.3 Å². The fourth-order valence-electron chi connectivity index (χ4n) is 2.93. The monoisotopic (exact) mass is 464 g/mol. The van der Waals surface area contributed by atoms with E-state index in [1.807, 2.05) is 44.2 Å². The van der Waals surface area contributed by atoms with E-state index >= 15 is 0 Å². The van der Waals surface area contributed by atoms with Gasteiger partial charge in [0.05, 0.1) is 7.11 Å². The van der Waals surface area contributed by atoms with Crippen LogP contribution in [0.2, 0.25) is 0 Å². The Morgan fingerprint density at radius 2 is 1.61 bits per heavy atom. The lowest BCUT2D eigenvalue weighted by atomic mass is 10.0. The third-order valence-electron chi connectivity index (χ3n) is 4.39. The first-order valence-corrected chi connectivity index (χ1v) is 11.0.